The van der Waals surface area contributed by atoms with Crippen molar-refractivity contribution in [2.75, 3.05) is 0 Å². The molecule has 0 saturated carbocycles. The molecule has 0 aliphatic carbocycles. The lowest BCUT2D eigenvalue weighted by molar-refractivity contribution is 0.714. The molecular formula is C13H24NP. The van der Waals surface area contributed by atoms with Crippen molar-refractivity contribution in [3.05, 3.63) is 16.9 Å². The van der Waals surface area contributed by atoms with Gasteiger partial charge in [0.15, 0.2) is 0 Å². The minimum atomic E-state index is 1.27. The van der Waals surface area contributed by atoms with E-state index in [-0.39, 0.29) is 0 Å². The van der Waals surface area contributed by atoms with Gasteiger partial charge in [-0.2, -0.15) is 0 Å². The molecule has 0 aliphatic rings. The van der Waals surface area contributed by atoms with Gasteiger partial charge in [0.25, 0.3) is 0 Å². The maximum Gasteiger partial charge on any atom is 0.0427 e. The third-order valence-corrected chi connectivity index (χ3v) is 4.00. The normalized spacial score (nSPS) is 11.3. The highest BCUT2D eigenvalue weighted by Gasteiger charge is 1.99. The van der Waals surface area contributed by atoms with Gasteiger partial charge in [-0.15, -0.1) is 0 Å². The summed E-state index contributed by atoms with van der Waals surface area (Å²) in [5.41, 5.74) is 1.52. The first-order valence-electron chi connectivity index (χ1n) is 6.40. The summed E-state index contributed by atoms with van der Waals surface area (Å²) in [7, 11) is 1.48. The van der Waals surface area contributed by atoms with Crippen molar-refractivity contribution in [2.45, 2.75) is 65.2 Å². The van der Waals surface area contributed by atoms with Gasteiger partial charge in [0, 0.05) is 11.6 Å². The standard InChI is InChI=1S/C13H24NP/c1-3-5-7-9-12-11-14-13(15-12)10-8-6-4-2/h11,14H,3-10H2,1-2H3. The van der Waals surface area contributed by atoms with Crippen LogP contribution in [0.4, 0.5) is 0 Å². The van der Waals surface area contributed by atoms with E-state index in [2.05, 4.69) is 25.0 Å². The molecule has 0 unspecified atom stereocenters. The van der Waals surface area contributed by atoms with Crippen LogP contribution in [-0.2, 0) is 12.8 Å². The number of nitrogens with one attached hydrogen (secondary N) is 1. The van der Waals surface area contributed by atoms with Gasteiger partial charge in [-0.3, -0.25) is 0 Å². The van der Waals surface area contributed by atoms with Crippen molar-refractivity contribution < 1.29 is 0 Å². The highest BCUT2D eigenvalue weighted by atomic mass is 31.0. The summed E-state index contributed by atoms with van der Waals surface area (Å²) in [6, 6.07) is 0. The molecule has 0 bridgehead atoms. The summed E-state index contributed by atoms with van der Waals surface area (Å²) in [6.07, 6.45) is 12.9. The van der Waals surface area contributed by atoms with E-state index in [0.717, 1.165) is 0 Å². The van der Waals surface area contributed by atoms with Gasteiger partial charge >= 0.3 is 0 Å². The van der Waals surface area contributed by atoms with Crippen molar-refractivity contribution in [1.29, 1.82) is 0 Å². The summed E-state index contributed by atoms with van der Waals surface area (Å²) in [4.78, 5) is 3.43. The van der Waals surface area contributed by atoms with Gasteiger partial charge < -0.3 is 4.98 Å². The molecule has 1 N–H and O–H groups in total. The lowest BCUT2D eigenvalue weighted by Gasteiger charge is -1.95. The predicted octanol–water partition coefficient (Wildman–Crippen LogP) is 5.06. The summed E-state index contributed by atoms with van der Waals surface area (Å²) in [6.45, 7) is 4.53. The second-order valence-corrected chi connectivity index (χ2v) is 5.59. The minimum Gasteiger partial charge on any atom is -0.361 e. The van der Waals surface area contributed by atoms with Crippen LogP contribution >= 0.6 is 8.19 Å². The van der Waals surface area contributed by atoms with Crippen molar-refractivity contribution >= 4 is 8.19 Å². The number of hydrogen-bond acceptors (Lipinski definition) is 0. The van der Waals surface area contributed by atoms with E-state index in [4.69, 9.17) is 0 Å². The number of H-pyrrole nitrogens is 1. The maximum atomic E-state index is 3.43. The number of hydrogen-bond donors (Lipinski definition) is 1. The first kappa shape index (κ1) is 12.8. The zero-order chi connectivity index (χ0) is 10.9. The molecule has 0 spiro atoms. The van der Waals surface area contributed by atoms with Gasteiger partial charge in [-0.25, -0.2) is 0 Å². The van der Waals surface area contributed by atoms with Gasteiger partial charge in [0.1, 0.15) is 0 Å². The fourth-order valence-corrected chi connectivity index (χ4v) is 2.90. The molecule has 1 aromatic heterocycles. The average Bonchev–Trinajstić information content (AvgIpc) is 2.67. The molecule has 0 atom stereocenters. The number of aromatic nitrogens is 1. The zero-order valence-corrected chi connectivity index (χ0v) is 11.1. The van der Waals surface area contributed by atoms with Gasteiger partial charge in [0.2, 0.25) is 0 Å². The second-order valence-electron chi connectivity index (χ2n) is 4.25. The van der Waals surface area contributed by atoms with Crippen LogP contribution in [0.25, 0.3) is 0 Å². The summed E-state index contributed by atoms with van der Waals surface area (Å²) in [5, 5.41) is 1.59. The van der Waals surface area contributed by atoms with E-state index in [1.807, 2.05) is 0 Å². The molecule has 0 aromatic carbocycles. The van der Waals surface area contributed by atoms with Crippen LogP contribution in [0, 0.1) is 0 Å². The predicted molar refractivity (Wildman–Crippen MR) is 69.8 cm³/mol. The molecule has 1 aromatic rings. The molecule has 1 rings (SSSR count). The van der Waals surface area contributed by atoms with Crippen LogP contribution in [0.5, 0.6) is 0 Å². The fraction of sp³-hybridized carbons (Fsp3) is 0.769. The molecule has 1 nitrogen and oxygen atoms in total. The number of rotatable bonds is 8. The molecule has 0 fully saturated rings. The number of unbranched alkanes of at least 4 members (excludes halogenated alkanes) is 4. The first-order chi connectivity index (χ1) is 7.36. The van der Waals surface area contributed by atoms with Gasteiger partial charge in [-0.1, -0.05) is 39.5 Å². The van der Waals surface area contributed by atoms with Crippen LogP contribution in [0.1, 0.15) is 63.1 Å². The Labute approximate surface area is 95.8 Å². The van der Waals surface area contributed by atoms with E-state index in [1.54, 1.807) is 5.30 Å². The monoisotopic (exact) mass is 225 g/mol. The van der Waals surface area contributed by atoms with Gasteiger partial charge in [0.05, 0.1) is 0 Å². The quantitative estimate of drug-likeness (QED) is 0.595. The Morgan fingerprint density at radius 2 is 1.67 bits per heavy atom. The lowest BCUT2D eigenvalue weighted by Crippen LogP contribution is -1.81. The third-order valence-electron chi connectivity index (χ3n) is 2.74. The molecule has 15 heavy (non-hydrogen) atoms. The Morgan fingerprint density at radius 3 is 2.33 bits per heavy atom. The van der Waals surface area contributed by atoms with E-state index in [1.165, 1.54) is 65.0 Å². The molecule has 0 saturated heterocycles. The highest BCUT2D eigenvalue weighted by Crippen LogP contribution is 2.23. The van der Waals surface area contributed by atoms with E-state index in [0.29, 0.717) is 0 Å². The SMILES string of the molecule is CCCCCc1c[nH]c(CCCCC)p1. The molecule has 0 amide bonds. The van der Waals surface area contributed by atoms with Crippen LogP contribution in [0.3, 0.4) is 0 Å². The minimum absolute atomic E-state index is 1.27. The molecule has 1 heterocycles. The highest BCUT2D eigenvalue weighted by molar-refractivity contribution is 7.31. The Balaban J connectivity index is 2.23. The Bertz CT molecular complexity index is 230. The third kappa shape index (κ3) is 5.37. The maximum absolute atomic E-state index is 3.43. The van der Waals surface area contributed by atoms with Crippen LogP contribution in [0.15, 0.2) is 6.20 Å². The zero-order valence-electron chi connectivity index (χ0n) is 10.2. The van der Waals surface area contributed by atoms with Crippen molar-refractivity contribution in [2.24, 2.45) is 0 Å². The van der Waals surface area contributed by atoms with Crippen LogP contribution < -0.4 is 0 Å². The smallest absolute Gasteiger partial charge is 0.0427 e. The van der Waals surface area contributed by atoms with E-state index in [9.17, 15) is 0 Å². The number of aryl methyl sites for hydroxylation is 2. The van der Waals surface area contributed by atoms with E-state index >= 15 is 0 Å². The van der Waals surface area contributed by atoms with Crippen molar-refractivity contribution in [3.8, 4) is 0 Å². The summed E-state index contributed by atoms with van der Waals surface area (Å²) >= 11 is 0. The molecule has 86 valence electrons. The van der Waals surface area contributed by atoms with E-state index < -0.39 is 0 Å². The van der Waals surface area contributed by atoms with Crippen LogP contribution in [0.2, 0.25) is 0 Å². The van der Waals surface area contributed by atoms with Crippen molar-refractivity contribution in [1.82, 2.24) is 4.98 Å². The fourth-order valence-electron chi connectivity index (χ4n) is 1.76. The lowest BCUT2D eigenvalue weighted by atomic mass is 10.2. The molecule has 2 heteroatoms. The van der Waals surface area contributed by atoms with Gasteiger partial charge in [-0.05, 0) is 39.2 Å². The Morgan fingerprint density at radius 1 is 1.00 bits per heavy atom. The Kier molecular flexibility index (Phi) is 6.76. The molecule has 0 radical (unpaired) electrons. The topological polar surface area (TPSA) is 15.8 Å². The molecular weight excluding hydrogens is 201 g/mol. The molecule has 0 aliphatic heterocycles. The average molecular weight is 225 g/mol. The Hall–Kier alpha value is -0.290. The van der Waals surface area contributed by atoms with Crippen molar-refractivity contribution in [3.63, 3.8) is 0 Å². The summed E-state index contributed by atoms with van der Waals surface area (Å²) in [5.74, 6) is 0. The largest absolute Gasteiger partial charge is 0.361 e. The summed E-state index contributed by atoms with van der Waals surface area (Å²) < 4.78 is 0. The van der Waals surface area contributed by atoms with Crippen LogP contribution in [-0.4, -0.2) is 4.98 Å². The first-order valence-corrected chi connectivity index (χ1v) is 7.29. The second kappa shape index (κ2) is 7.93. The number of aromatic amines is 1.